The number of carbonyl (C=O) groups excluding carboxylic acids is 1. The Morgan fingerprint density at radius 2 is 2.00 bits per heavy atom. The van der Waals surface area contributed by atoms with Crippen molar-refractivity contribution in [1.82, 2.24) is 5.32 Å². The van der Waals surface area contributed by atoms with Crippen LogP contribution < -0.4 is 5.32 Å². The van der Waals surface area contributed by atoms with Gasteiger partial charge in [0, 0.05) is 6.54 Å². The molecular formula is C10H13NO2. The smallest absolute Gasteiger partial charge is 0.245 e. The lowest BCUT2D eigenvalue weighted by molar-refractivity contribution is -0.123. The average Bonchev–Trinajstić information content (AvgIpc) is 2.16. The minimum atomic E-state index is -0.453. The number of aliphatic hydroxyl groups is 1. The quantitative estimate of drug-likeness (QED) is 0.714. The number of benzene rings is 1. The lowest BCUT2D eigenvalue weighted by atomic mass is 10.1. The fourth-order valence-electron chi connectivity index (χ4n) is 0.962. The largest absolute Gasteiger partial charge is 0.387 e. The van der Waals surface area contributed by atoms with E-state index in [2.05, 4.69) is 5.32 Å². The Hall–Kier alpha value is -1.35. The van der Waals surface area contributed by atoms with Crippen molar-refractivity contribution in [1.29, 1.82) is 0 Å². The SMILES string of the molecule is Cc1ccc(CNC(=O)CO)cc1. The van der Waals surface area contributed by atoms with Crippen molar-refractivity contribution in [2.24, 2.45) is 0 Å². The molecule has 0 saturated heterocycles. The molecule has 0 aliphatic heterocycles. The summed E-state index contributed by atoms with van der Waals surface area (Å²) in [6, 6.07) is 7.88. The van der Waals surface area contributed by atoms with Crippen LogP contribution in [0.1, 0.15) is 11.1 Å². The van der Waals surface area contributed by atoms with Crippen LogP contribution in [0, 0.1) is 6.92 Å². The minimum Gasteiger partial charge on any atom is -0.387 e. The highest BCUT2D eigenvalue weighted by atomic mass is 16.3. The van der Waals surface area contributed by atoms with Gasteiger partial charge in [-0.1, -0.05) is 29.8 Å². The van der Waals surface area contributed by atoms with Gasteiger partial charge in [-0.2, -0.15) is 0 Å². The lowest BCUT2D eigenvalue weighted by Gasteiger charge is -2.03. The second-order valence-electron chi connectivity index (χ2n) is 2.92. The minimum absolute atomic E-state index is 0.347. The Kier molecular flexibility index (Phi) is 3.46. The summed E-state index contributed by atoms with van der Waals surface area (Å²) in [4.78, 5) is 10.7. The molecule has 0 aliphatic rings. The van der Waals surface area contributed by atoms with E-state index in [9.17, 15) is 4.79 Å². The molecule has 0 atom stereocenters. The van der Waals surface area contributed by atoms with Crippen LogP contribution in [-0.4, -0.2) is 17.6 Å². The number of hydrogen-bond acceptors (Lipinski definition) is 2. The van der Waals surface area contributed by atoms with Crippen LogP contribution in [0.3, 0.4) is 0 Å². The van der Waals surface area contributed by atoms with Crippen LogP contribution in [0.2, 0.25) is 0 Å². The first-order valence-electron chi connectivity index (χ1n) is 4.15. The van der Waals surface area contributed by atoms with Crippen LogP contribution in [0.25, 0.3) is 0 Å². The summed E-state index contributed by atoms with van der Waals surface area (Å²) in [5.41, 5.74) is 2.23. The summed E-state index contributed by atoms with van der Waals surface area (Å²) in [6.45, 7) is 2.03. The molecule has 2 N–H and O–H groups in total. The van der Waals surface area contributed by atoms with Gasteiger partial charge in [-0.15, -0.1) is 0 Å². The van der Waals surface area contributed by atoms with Gasteiger partial charge >= 0.3 is 0 Å². The van der Waals surface area contributed by atoms with Gasteiger partial charge in [0.2, 0.25) is 5.91 Å². The Morgan fingerprint density at radius 1 is 1.38 bits per heavy atom. The molecule has 13 heavy (non-hydrogen) atoms. The summed E-state index contributed by atoms with van der Waals surface area (Å²) in [5, 5.41) is 11.0. The Morgan fingerprint density at radius 3 is 2.54 bits per heavy atom. The lowest BCUT2D eigenvalue weighted by Crippen LogP contribution is -2.25. The highest BCUT2D eigenvalue weighted by Gasteiger charge is 1.97. The van der Waals surface area contributed by atoms with Crippen molar-refractivity contribution in [2.45, 2.75) is 13.5 Å². The van der Waals surface area contributed by atoms with Crippen molar-refractivity contribution in [3.63, 3.8) is 0 Å². The first-order chi connectivity index (χ1) is 6.22. The van der Waals surface area contributed by atoms with Gasteiger partial charge in [0.1, 0.15) is 6.61 Å². The predicted molar refractivity (Wildman–Crippen MR) is 50.1 cm³/mol. The number of aliphatic hydroxyl groups excluding tert-OH is 1. The van der Waals surface area contributed by atoms with Gasteiger partial charge in [-0.25, -0.2) is 0 Å². The number of nitrogens with one attached hydrogen (secondary N) is 1. The first kappa shape index (κ1) is 9.74. The molecule has 70 valence electrons. The molecule has 1 amide bonds. The topological polar surface area (TPSA) is 49.3 Å². The second kappa shape index (κ2) is 4.62. The fraction of sp³-hybridized carbons (Fsp3) is 0.300. The van der Waals surface area contributed by atoms with E-state index in [1.807, 2.05) is 31.2 Å². The van der Waals surface area contributed by atoms with Crippen LogP contribution in [-0.2, 0) is 11.3 Å². The predicted octanol–water partition coefficient (Wildman–Crippen LogP) is 0.604. The van der Waals surface area contributed by atoms with E-state index >= 15 is 0 Å². The highest BCUT2D eigenvalue weighted by Crippen LogP contribution is 2.01. The van der Waals surface area contributed by atoms with Crippen molar-refractivity contribution >= 4 is 5.91 Å². The third-order valence-corrected chi connectivity index (χ3v) is 1.75. The van der Waals surface area contributed by atoms with Crippen LogP contribution in [0.5, 0.6) is 0 Å². The summed E-state index contributed by atoms with van der Waals surface area (Å²) >= 11 is 0. The molecule has 0 bridgehead atoms. The molecule has 0 aromatic heterocycles. The third-order valence-electron chi connectivity index (χ3n) is 1.75. The van der Waals surface area contributed by atoms with E-state index in [1.54, 1.807) is 0 Å². The van der Waals surface area contributed by atoms with E-state index in [1.165, 1.54) is 5.56 Å². The van der Waals surface area contributed by atoms with Gasteiger partial charge in [-0.05, 0) is 12.5 Å². The zero-order valence-corrected chi connectivity index (χ0v) is 7.58. The summed E-state index contributed by atoms with van der Waals surface area (Å²) < 4.78 is 0. The van der Waals surface area contributed by atoms with E-state index in [4.69, 9.17) is 5.11 Å². The molecule has 0 aliphatic carbocycles. The summed E-state index contributed by atoms with van der Waals surface area (Å²) in [7, 11) is 0. The van der Waals surface area contributed by atoms with E-state index < -0.39 is 6.61 Å². The molecule has 0 spiro atoms. The van der Waals surface area contributed by atoms with Crippen LogP contribution in [0.15, 0.2) is 24.3 Å². The molecule has 3 heteroatoms. The molecule has 0 unspecified atom stereocenters. The molecule has 0 heterocycles. The maximum atomic E-state index is 10.7. The van der Waals surface area contributed by atoms with Crippen LogP contribution in [0.4, 0.5) is 0 Å². The van der Waals surface area contributed by atoms with Crippen LogP contribution >= 0.6 is 0 Å². The zero-order chi connectivity index (χ0) is 9.68. The molecule has 1 rings (SSSR count). The van der Waals surface area contributed by atoms with Crippen molar-refractivity contribution in [3.05, 3.63) is 35.4 Å². The number of aryl methyl sites for hydroxylation is 1. The monoisotopic (exact) mass is 179 g/mol. The maximum Gasteiger partial charge on any atom is 0.245 e. The second-order valence-corrected chi connectivity index (χ2v) is 2.92. The molecule has 1 aromatic carbocycles. The molecule has 0 fully saturated rings. The Labute approximate surface area is 77.4 Å². The molecular weight excluding hydrogens is 166 g/mol. The third kappa shape index (κ3) is 3.25. The first-order valence-corrected chi connectivity index (χ1v) is 4.15. The van der Waals surface area contributed by atoms with E-state index in [0.29, 0.717) is 6.54 Å². The van der Waals surface area contributed by atoms with Crippen molar-refractivity contribution in [3.8, 4) is 0 Å². The van der Waals surface area contributed by atoms with Gasteiger partial charge < -0.3 is 10.4 Å². The number of amides is 1. The number of rotatable bonds is 3. The Balaban J connectivity index is 2.46. The molecule has 0 saturated carbocycles. The molecule has 3 nitrogen and oxygen atoms in total. The fourth-order valence-corrected chi connectivity index (χ4v) is 0.962. The number of hydrogen-bond donors (Lipinski definition) is 2. The summed E-state index contributed by atoms with van der Waals surface area (Å²) in [6.07, 6.45) is 0. The standard InChI is InChI=1S/C10H13NO2/c1-8-2-4-9(5-3-8)6-11-10(13)7-12/h2-5,12H,6-7H2,1H3,(H,11,13). The molecule has 0 radical (unpaired) electrons. The zero-order valence-electron chi connectivity index (χ0n) is 7.58. The average molecular weight is 179 g/mol. The van der Waals surface area contributed by atoms with Gasteiger partial charge in [0.05, 0.1) is 0 Å². The maximum absolute atomic E-state index is 10.7. The summed E-state index contributed by atoms with van der Waals surface area (Å²) in [5.74, 6) is -0.347. The van der Waals surface area contributed by atoms with Gasteiger partial charge in [0.25, 0.3) is 0 Å². The van der Waals surface area contributed by atoms with Crippen molar-refractivity contribution in [2.75, 3.05) is 6.61 Å². The van der Waals surface area contributed by atoms with E-state index in [0.717, 1.165) is 5.56 Å². The highest BCUT2D eigenvalue weighted by molar-refractivity contribution is 5.76. The van der Waals surface area contributed by atoms with Gasteiger partial charge in [0.15, 0.2) is 0 Å². The number of carbonyl (C=O) groups is 1. The van der Waals surface area contributed by atoms with Gasteiger partial charge in [-0.3, -0.25) is 4.79 Å². The van der Waals surface area contributed by atoms with Crippen molar-refractivity contribution < 1.29 is 9.90 Å². The molecule has 1 aromatic rings. The normalized spacial score (nSPS) is 9.69. The van der Waals surface area contributed by atoms with E-state index in [-0.39, 0.29) is 5.91 Å². The Bertz CT molecular complexity index is 279.